The summed E-state index contributed by atoms with van der Waals surface area (Å²) in [6.45, 7) is 4.83. The first-order valence-electron chi connectivity index (χ1n) is 13.0. The van der Waals surface area contributed by atoms with Gasteiger partial charge in [-0.2, -0.15) is 0 Å². The van der Waals surface area contributed by atoms with Crippen LogP contribution in [0, 0.1) is 11.7 Å². The number of hydrogen-bond donors (Lipinski definition) is 0. The predicted molar refractivity (Wildman–Crippen MR) is 140 cm³/mol. The summed E-state index contributed by atoms with van der Waals surface area (Å²) in [5.74, 6) is -0.926. The number of amides is 1. The van der Waals surface area contributed by atoms with Crippen molar-refractivity contribution in [3.05, 3.63) is 83.4 Å². The molecule has 2 fully saturated rings. The van der Waals surface area contributed by atoms with E-state index in [1.54, 1.807) is 16.8 Å². The van der Waals surface area contributed by atoms with E-state index in [4.69, 9.17) is 4.74 Å². The standard InChI is InChI=1S/C28H33FN4O4S/c29-26-9-5-4-8-24(26)21-38(35,36)28-30-18-25(33(28)19-22-6-2-1-3-7-22)20-32(27(34)23-10-11-23)13-12-31-14-16-37-17-15-31/h1-9,18,23H,10-17,19-21H2. The van der Waals surface area contributed by atoms with Crippen molar-refractivity contribution < 1.29 is 22.3 Å². The summed E-state index contributed by atoms with van der Waals surface area (Å²) >= 11 is 0. The Morgan fingerprint density at radius 1 is 1.05 bits per heavy atom. The van der Waals surface area contributed by atoms with Gasteiger partial charge < -0.3 is 14.2 Å². The second-order valence-electron chi connectivity index (χ2n) is 9.94. The Morgan fingerprint density at radius 3 is 2.47 bits per heavy atom. The monoisotopic (exact) mass is 540 g/mol. The number of benzene rings is 2. The zero-order valence-corrected chi connectivity index (χ0v) is 22.2. The number of imidazole rings is 1. The van der Waals surface area contributed by atoms with Crippen LogP contribution in [0.5, 0.6) is 0 Å². The van der Waals surface area contributed by atoms with E-state index in [0.717, 1.165) is 38.0 Å². The molecule has 1 saturated carbocycles. The van der Waals surface area contributed by atoms with Crippen LogP contribution in [-0.4, -0.2) is 73.1 Å². The van der Waals surface area contributed by atoms with Gasteiger partial charge in [-0.05, 0) is 24.5 Å². The number of rotatable bonds is 11. The van der Waals surface area contributed by atoms with Crippen molar-refractivity contribution in [3.63, 3.8) is 0 Å². The highest BCUT2D eigenvalue weighted by atomic mass is 32.2. The van der Waals surface area contributed by atoms with Gasteiger partial charge in [-0.1, -0.05) is 48.5 Å². The highest BCUT2D eigenvalue weighted by Gasteiger charge is 2.34. The Balaban J connectivity index is 1.43. The molecule has 1 amide bonds. The second kappa shape index (κ2) is 11.8. The lowest BCUT2D eigenvalue weighted by Gasteiger charge is -2.30. The lowest BCUT2D eigenvalue weighted by Crippen LogP contribution is -2.43. The van der Waals surface area contributed by atoms with Gasteiger partial charge in [0.2, 0.25) is 20.9 Å². The van der Waals surface area contributed by atoms with Gasteiger partial charge in [0.05, 0.1) is 43.9 Å². The molecule has 38 heavy (non-hydrogen) atoms. The molecule has 2 aromatic carbocycles. The first-order chi connectivity index (χ1) is 18.4. The molecule has 0 atom stereocenters. The third kappa shape index (κ3) is 6.48. The number of hydrogen-bond acceptors (Lipinski definition) is 6. The maximum atomic E-state index is 14.3. The summed E-state index contributed by atoms with van der Waals surface area (Å²) in [7, 11) is -3.97. The fourth-order valence-electron chi connectivity index (χ4n) is 4.72. The summed E-state index contributed by atoms with van der Waals surface area (Å²) in [6, 6.07) is 15.4. The Bertz CT molecular complexity index is 1350. The number of halogens is 1. The van der Waals surface area contributed by atoms with Gasteiger partial charge >= 0.3 is 0 Å². The van der Waals surface area contributed by atoms with Crippen molar-refractivity contribution in [1.82, 2.24) is 19.4 Å². The Morgan fingerprint density at radius 2 is 1.76 bits per heavy atom. The van der Waals surface area contributed by atoms with Gasteiger partial charge in [-0.25, -0.2) is 17.8 Å². The van der Waals surface area contributed by atoms with Gasteiger partial charge in [-0.3, -0.25) is 9.69 Å². The van der Waals surface area contributed by atoms with Crippen molar-refractivity contribution in [2.75, 3.05) is 39.4 Å². The van der Waals surface area contributed by atoms with Crippen LogP contribution in [0.1, 0.15) is 29.7 Å². The molecule has 0 bridgehead atoms. The van der Waals surface area contributed by atoms with E-state index >= 15 is 0 Å². The molecule has 5 rings (SSSR count). The van der Waals surface area contributed by atoms with E-state index in [9.17, 15) is 17.6 Å². The average Bonchev–Trinajstić information content (AvgIpc) is 3.70. The average molecular weight is 541 g/mol. The zero-order valence-electron chi connectivity index (χ0n) is 21.3. The predicted octanol–water partition coefficient (Wildman–Crippen LogP) is 3.12. The lowest BCUT2D eigenvalue weighted by molar-refractivity contribution is -0.133. The van der Waals surface area contributed by atoms with Gasteiger partial charge in [0.1, 0.15) is 5.82 Å². The summed E-state index contributed by atoms with van der Waals surface area (Å²) in [4.78, 5) is 21.7. The van der Waals surface area contributed by atoms with Crippen LogP contribution in [0.15, 0.2) is 66.0 Å². The van der Waals surface area contributed by atoms with Crippen molar-refractivity contribution in [2.24, 2.45) is 5.92 Å². The molecule has 1 aromatic heterocycles. The summed E-state index contributed by atoms with van der Waals surface area (Å²) in [5, 5.41) is -0.119. The van der Waals surface area contributed by atoms with Gasteiger partial charge in [-0.15, -0.1) is 0 Å². The molecule has 2 aliphatic rings. The van der Waals surface area contributed by atoms with E-state index in [1.165, 1.54) is 18.2 Å². The molecule has 0 unspecified atom stereocenters. The van der Waals surface area contributed by atoms with Crippen molar-refractivity contribution in [2.45, 2.75) is 36.8 Å². The zero-order chi connectivity index (χ0) is 26.5. The number of ether oxygens (including phenoxy) is 1. The number of carbonyl (C=O) groups is 1. The normalized spacial score (nSPS) is 16.4. The molecular weight excluding hydrogens is 507 g/mol. The molecule has 0 spiro atoms. The van der Waals surface area contributed by atoms with Crippen LogP contribution >= 0.6 is 0 Å². The van der Waals surface area contributed by atoms with Crippen LogP contribution in [0.3, 0.4) is 0 Å². The number of nitrogens with zero attached hydrogens (tertiary/aromatic N) is 4. The lowest BCUT2D eigenvalue weighted by atomic mass is 10.2. The van der Waals surface area contributed by atoms with Crippen LogP contribution in [0.2, 0.25) is 0 Å². The molecule has 0 N–H and O–H groups in total. The van der Waals surface area contributed by atoms with E-state index in [0.29, 0.717) is 25.5 Å². The van der Waals surface area contributed by atoms with E-state index in [1.807, 2.05) is 35.2 Å². The Hall–Kier alpha value is -3.08. The molecule has 202 valence electrons. The van der Waals surface area contributed by atoms with Crippen molar-refractivity contribution in [3.8, 4) is 0 Å². The minimum Gasteiger partial charge on any atom is -0.379 e. The molecule has 3 aromatic rings. The third-order valence-electron chi connectivity index (χ3n) is 7.05. The van der Waals surface area contributed by atoms with Crippen LogP contribution in [-0.2, 0) is 38.2 Å². The minimum absolute atomic E-state index is 0.0365. The highest BCUT2D eigenvalue weighted by molar-refractivity contribution is 7.90. The summed E-state index contributed by atoms with van der Waals surface area (Å²) in [6.07, 6.45) is 3.32. The van der Waals surface area contributed by atoms with E-state index in [-0.39, 0.29) is 35.6 Å². The first kappa shape index (κ1) is 26.5. The fraction of sp³-hybridized carbons (Fsp3) is 0.429. The number of morpholine rings is 1. The molecule has 10 heteroatoms. The van der Waals surface area contributed by atoms with Crippen molar-refractivity contribution >= 4 is 15.7 Å². The quantitative estimate of drug-likeness (QED) is 0.372. The molecular formula is C28H33FN4O4S. The second-order valence-corrected chi connectivity index (χ2v) is 11.8. The topological polar surface area (TPSA) is 84.7 Å². The molecule has 1 saturated heterocycles. The number of carbonyl (C=O) groups excluding carboxylic acids is 1. The summed E-state index contributed by atoms with van der Waals surface area (Å²) in [5.41, 5.74) is 1.64. The number of aromatic nitrogens is 2. The van der Waals surface area contributed by atoms with E-state index in [2.05, 4.69) is 9.88 Å². The maximum Gasteiger partial charge on any atom is 0.228 e. The smallest absolute Gasteiger partial charge is 0.228 e. The molecule has 8 nitrogen and oxygen atoms in total. The third-order valence-corrected chi connectivity index (χ3v) is 8.62. The molecule has 1 aliphatic heterocycles. The summed E-state index contributed by atoms with van der Waals surface area (Å²) < 4.78 is 48.4. The van der Waals surface area contributed by atoms with Crippen LogP contribution in [0.4, 0.5) is 4.39 Å². The SMILES string of the molecule is O=C(C1CC1)N(CCN1CCOCC1)Cc1cnc(S(=O)(=O)Cc2ccccc2F)n1Cc1ccccc1. The largest absolute Gasteiger partial charge is 0.379 e. The van der Waals surface area contributed by atoms with E-state index < -0.39 is 21.4 Å². The van der Waals surface area contributed by atoms with Crippen LogP contribution < -0.4 is 0 Å². The molecule has 2 heterocycles. The first-order valence-corrected chi connectivity index (χ1v) is 14.7. The van der Waals surface area contributed by atoms with Gasteiger partial charge in [0, 0.05) is 37.7 Å². The minimum atomic E-state index is -3.97. The van der Waals surface area contributed by atoms with Crippen LogP contribution in [0.25, 0.3) is 0 Å². The maximum absolute atomic E-state index is 14.3. The van der Waals surface area contributed by atoms with Gasteiger partial charge in [0.25, 0.3) is 0 Å². The number of sulfone groups is 1. The Labute approximate surface area is 223 Å². The molecule has 0 radical (unpaired) electrons. The molecule has 1 aliphatic carbocycles. The highest BCUT2D eigenvalue weighted by Crippen LogP contribution is 2.32. The Kier molecular flexibility index (Phi) is 8.21. The fourth-order valence-corrected chi connectivity index (χ4v) is 6.23. The van der Waals surface area contributed by atoms with Gasteiger partial charge in [0.15, 0.2) is 0 Å². The van der Waals surface area contributed by atoms with Crippen molar-refractivity contribution in [1.29, 1.82) is 0 Å².